The van der Waals surface area contributed by atoms with Crippen LogP contribution in [0.3, 0.4) is 0 Å². The van der Waals surface area contributed by atoms with Gasteiger partial charge in [0.2, 0.25) is 0 Å². The lowest BCUT2D eigenvalue weighted by molar-refractivity contribution is -0.166. The Morgan fingerprint density at radius 1 is 1.19 bits per heavy atom. The Bertz CT molecular complexity index is 451. The molecule has 1 aliphatic heterocycles. The van der Waals surface area contributed by atoms with Crippen molar-refractivity contribution in [3.8, 4) is 0 Å². The molecule has 0 N–H and O–H groups in total. The van der Waals surface area contributed by atoms with Crippen molar-refractivity contribution in [2.24, 2.45) is 10.2 Å². The Kier molecular flexibility index (Phi) is 2.86. The molecule has 0 saturated carbocycles. The molecule has 16 heavy (non-hydrogen) atoms. The molecule has 2 nitrogen and oxygen atoms in total. The van der Waals surface area contributed by atoms with Gasteiger partial charge < -0.3 is 0 Å². The highest BCUT2D eigenvalue weighted by molar-refractivity contribution is 9.10. The van der Waals surface area contributed by atoms with Crippen molar-refractivity contribution in [1.29, 1.82) is 0 Å². The third-order valence-electron chi connectivity index (χ3n) is 2.21. The number of benzene rings is 1. The summed E-state index contributed by atoms with van der Waals surface area (Å²) in [5.41, 5.74) is -1.55. The summed E-state index contributed by atoms with van der Waals surface area (Å²) in [5.74, 6) is 0. The fraction of sp³-hybridized carbons (Fsp3) is 0.333. The molecule has 86 valence electrons. The molecule has 0 aliphatic carbocycles. The van der Waals surface area contributed by atoms with Gasteiger partial charge in [-0.2, -0.15) is 13.2 Å². The summed E-state index contributed by atoms with van der Waals surface area (Å²) in [5, 5.41) is 6.79. The van der Waals surface area contributed by atoms with E-state index >= 15 is 0 Å². The van der Waals surface area contributed by atoms with Gasteiger partial charge in [-0.3, -0.25) is 0 Å². The Morgan fingerprint density at radius 3 is 2.25 bits per heavy atom. The van der Waals surface area contributed by atoms with Crippen LogP contribution in [0.4, 0.5) is 13.2 Å². The van der Waals surface area contributed by atoms with E-state index in [2.05, 4.69) is 42.1 Å². The normalized spacial score (nSPS) is 17.6. The maximum Gasteiger partial charge on any atom is 0.442 e. The molecule has 1 aliphatic rings. The van der Waals surface area contributed by atoms with Gasteiger partial charge in [0, 0.05) is 15.4 Å². The molecule has 1 aromatic rings. The van der Waals surface area contributed by atoms with Crippen LogP contribution < -0.4 is 0 Å². The van der Waals surface area contributed by atoms with E-state index in [0.717, 1.165) is 5.56 Å². The maximum atomic E-state index is 12.7. The van der Waals surface area contributed by atoms with Crippen LogP contribution in [0.1, 0.15) is 11.1 Å². The van der Waals surface area contributed by atoms with Crippen molar-refractivity contribution < 1.29 is 13.2 Å². The summed E-state index contributed by atoms with van der Waals surface area (Å²) in [6, 6.07) is 4.58. The molecule has 7 heteroatoms. The van der Waals surface area contributed by atoms with Gasteiger partial charge in [0.1, 0.15) is 0 Å². The summed E-state index contributed by atoms with van der Waals surface area (Å²) in [6.07, 6.45) is -4.47. The second-order valence-corrected chi connectivity index (χ2v) is 4.83. The Balaban J connectivity index is 2.45. The molecule has 0 radical (unpaired) electrons. The number of alkyl halides is 4. The molecule has 0 aromatic heterocycles. The maximum absolute atomic E-state index is 12.7. The first kappa shape index (κ1) is 12.0. The number of hydrogen-bond acceptors (Lipinski definition) is 2. The van der Waals surface area contributed by atoms with Crippen LogP contribution in [-0.4, -0.2) is 6.18 Å². The summed E-state index contributed by atoms with van der Waals surface area (Å²) in [4.78, 5) is 0. The first-order valence-electron chi connectivity index (χ1n) is 4.26. The van der Waals surface area contributed by atoms with Crippen LogP contribution >= 0.6 is 31.9 Å². The monoisotopic (exact) mass is 356 g/mol. The Hall–Kier alpha value is -0.430. The fourth-order valence-corrected chi connectivity index (χ4v) is 2.24. The lowest BCUT2D eigenvalue weighted by atomic mass is 10.0. The molecular formula is C9H5Br2F3N2. The fourth-order valence-electron chi connectivity index (χ4n) is 1.37. The van der Waals surface area contributed by atoms with Crippen LogP contribution in [-0.2, 0) is 11.0 Å². The predicted octanol–water partition coefficient (Wildman–Crippen LogP) is 4.52. The van der Waals surface area contributed by atoms with Gasteiger partial charge in [0.25, 0.3) is 0 Å². The van der Waals surface area contributed by atoms with Crippen LogP contribution in [0.5, 0.6) is 0 Å². The lowest BCUT2D eigenvalue weighted by Gasteiger charge is -2.15. The quantitative estimate of drug-likeness (QED) is 0.695. The highest BCUT2D eigenvalue weighted by Crippen LogP contribution is 2.52. The average molecular weight is 358 g/mol. The van der Waals surface area contributed by atoms with Gasteiger partial charge in [0.05, 0.1) is 0 Å². The van der Waals surface area contributed by atoms with E-state index in [0.29, 0.717) is 9.80 Å². The van der Waals surface area contributed by atoms with Gasteiger partial charge in [-0.15, -0.1) is 10.2 Å². The lowest BCUT2D eigenvalue weighted by Crippen LogP contribution is -2.30. The van der Waals surface area contributed by atoms with Gasteiger partial charge in [-0.25, -0.2) is 0 Å². The van der Waals surface area contributed by atoms with E-state index in [1.54, 1.807) is 6.07 Å². The SMILES string of the molecule is FC(F)(F)C1(c2cc(Br)cc(CBr)c2)N=N1. The van der Waals surface area contributed by atoms with E-state index in [1.165, 1.54) is 12.1 Å². The van der Waals surface area contributed by atoms with E-state index in [4.69, 9.17) is 0 Å². The summed E-state index contributed by atoms with van der Waals surface area (Å²) >= 11 is 6.37. The smallest absolute Gasteiger partial charge is 0.166 e. The minimum atomic E-state index is -4.47. The zero-order valence-electron chi connectivity index (χ0n) is 7.72. The zero-order chi connectivity index (χ0) is 12.0. The molecule has 0 bridgehead atoms. The summed E-state index contributed by atoms with van der Waals surface area (Å²) in [6.45, 7) is 0. The topological polar surface area (TPSA) is 24.7 Å². The van der Waals surface area contributed by atoms with Crippen LogP contribution in [0.2, 0.25) is 0 Å². The molecular weight excluding hydrogens is 353 g/mol. The standard InChI is InChI=1S/C9H5Br2F3N2/c10-4-5-1-6(3-7(11)2-5)8(15-16-8)9(12,13)14/h1-3H,4H2. The zero-order valence-corrected chi connectivity index (χ0v) is 10.9. The minimum absolute atomic E-state index is 0.0452. The van der Waals surface area contributed by atoms with Crippen molar-refractivity contribution in [1.82, 2.24) is 0 Å². The van der Waals surface area contributed by atoms with E-state index in [9.17, 15) is 13.2 Å². The second-order valence-electron chi connectivity index (χ2n) is 3.35. The molecule has 2 rings (SSSR count). The van der Waals surface area contributed by atoms with Gasteiger partial charge in [0.15, 0.2) is 0 Å². The number of nitrogens with zero attached hydrogens (tertiary/aromatic N) is 2. The summed E-state index contributed by atoms with van der Waals surface area (Å²) < 4.78 is 38.8. The molecule has 0 unspecified atom stereocenters. The van der Waals surface area contributed by atoms with E-state index < -0.39 is 11.8 Å². The Morgan fingerprint density at radius 2 is 1.81 bits per heavy atom. The number of hydrogen-bond donors (Lipinski definition) is 0. The van der Waals surface area contributed by atoms with Crippen LogP contribution in [0.15, 0.2) is 32.9 Å². The molecule has 0 spiro atoms. The van der Waals surface area contributed by atoms with Crippen molar-refractivity contribution in [3.63, 3.8) is 0 Å². The summed E-state index contributed by atoms with van der Waals surface area (Å²) in [7, 11) is 0. The Labute approximate surface area is 106 Å². The minimum Gasteiger partial charge on any atom is -0.166 e. The number of halogens is 5. The van der Waals surface area contributed by atoms with Crippen molar-refractivity contribution in [2.45, 2.75) is 17.2 Å². The van der Waals surface area contributed by atoms with Crippen LogP contribution in [0.25, 0.3) is 0 Å². The van der Waals surface area contributed by atoms with Gasteiger partial charge >= 0.3 is 11.8 Å². The first-order valence-corrected chi connectivity index (χ1v) is 6.17. The molecule has 1 heterocycles. The molecule has 0 fully saturated rings. The third kappa shape index (κ3) is 1.90. The van der Waals surface area contributed by atoms with Crippen LogP contribution in [0, 0.1) is 0 Å². The second kappa shape index (κ2) is 3.80. The molecule has 0 saturated heterocycles. The molecule has 0 amide bonds. The first-order chi connectivity index (χ1) is 7.39. The van der Waals surface area contributed by atoms with Crippen molar-refractivity contribution >= 4 is 31.9 Å². The largest absolute Gasteiger partial charge is 0.442 e. The third-order valence-corrected chi connectivity index (χ3v) is 3.32. The van der Waals surface area contributed by atoms with E-state index in [1.807, 2.05) is 0 Å². The van der Waals surface area contributed by atoms with Crippen molar-refractivity contribution in [3.05, 3.63) is 33.8 Å². The van der Waals surface area contributed by atoms with E-state index in [-0.39, 0.29) is 5.56 Å². The van der Waals surface area contributed by atoms with Gasteiger partial charge in [-0.05, 0) is 17.7 Å². The highest BCUT2D eigenvalue weighted by Gasteiger charge is 2.65. The number of rotatable bonds is 2. The highest BCUT2D eigenvalue weighted by atomic mass is 79.9. The predicted molar refractivity (Wildman–Crippen MR) is 59.4 cm³/mol. The molecule has 0 atom stereocenters. The molecule has 1 aromatic carbocycles. The van der Waals surface area contributed by atoms with Gasteiger partial charge in [-0.1, -0.05) is 37.9 Å². The average Bonchev–Trinajstić information content (AvgIpc) is 2.96. The van der Waals surface area contributed by atoms with Crippen molar-refractivity contribution in [2.75, 3.05) is 0 Å².